The molecule has 0 aliphatic heterocycles. The molecule has 144 valence electrons. The number of aromatic hydroxyl groups is 1. The fourth-order valence-corrected chi connectivity index (χ4v) is 3.77. The fraction of sp³-hybridized carbons (Fsp3) is 0.435. The second kappa shape index (κ2) is 7.93. The summed E-state index contributed by atoms with van der Waals surface area (Å²) in [6.07, 6.45) is 4.57. The van der Waals surface area contributed by atoms with E-state index >= 15 is 0 Å². The van der Waals surface area contributed by atoms with Gasteiger partial charge < -0.3 is 9.84 Å². The van der Waals surface area contributed by atoms with Crippen molar-refractivity contribution in [3.05, 3.63) is 41.6 Å². The second-order valence-corrected chi connectivity index (χ2v) is 8.54. The van der Waals surface area contributed by atoms with Crippen molar-refractivity contribution in [1.29, 1.82) is 0 Å². The molecule has 0 fully saturated rings. The lowest BCUT2D eigenvalue weighted by molar-refractivity contribution is 0.308. The zero-order chi connectivity index (χ0) is 19.6. The van der Waals surface area contributed by atoms with Crippen molar-refractivity contribution < 1.29 is 9.84 Å². The van der Waals surface area contributed by atoms with E-state index in [1.807, 2.05) is 30.5 Å². The average molecular weight is 386 g/mol. The smallest absolute Gasteiger partial charge is 0.150 e. The first-order valence-electron chi connectivity index (χ1n) is 9.60. The Morgan fingerprint density at radius 2 is 1.89 bits per heavy atom. The first-order chi connectivity index (χ1) is 12.9. The minimum absolute atomic E-state index is 0.00463. The SMILES string of the molecule is CCCCOc1c(CCl)c(CC(C)(C)C)c(O)c2c1ncc1ccccc12. The lowest BCUT2D eigenvalue weighted by Gasteiger charge is -2.24. The third-order valence-electron chi connectivity index (χ3n) is 4.76. The van der Waals surface area contributed by atoms with Gasteiger partial charge in [0.05, 0.1) is 17.9 Å². The summed E-state index contributed by atoms with van der Waals surface area (Å²) in [5.41, 5.74) is 2.42. The van der Waals surface area contributed by atoms with E-state index in [-0.39, 0.29) is 17.0 Å². The maximum atomic E-state index is 11.3. The number of halogens is 1. The molecule has 2 aromatic carbocycles. The van der Waals surface area contributed by atoms with Crippen LogP contribution in [0.1, 0.15) is 51.7 Å². The zero-order valence-electron chi connectivity index (χ0n) is 16.6. The molecule has 3 aromatic rings. The molecule has 1 heterocycles. The Bertz CT molecular complexity index is 960. The van der Waals surface area contributed by atoms with E-state index in [0.29, 0.717) is 18.5 Å². The van der Waals surface area contributed by atoms with Crippen LogP contribution in [0.2, 0.25) is 0 Å². The van der Waals surface area contributed by atoms with Crippen LogP contribution in [0.25, 0.3) is 21.7 Å². The first-order valence-corrected chi connectivity index (χ1v) is 10.1. The third-order valence-corrected chi connectivity index (χ3v) is 5.03. The molecule has 0 bridgehead atoms. The van der Waals surface area contributed by atoms with Crippen molar-refractivity contribution in [1.82, 2.24) is 4.98 Å². The minimum atomic E-state index is 0.00463. The van der Waals surface area contributed by atoms with Gasteiger partial charge in [0, 0.05) is 22.7 Å². The van der Waals surface area contributed by atoms with Crippen LogP contribution in [0.4, 0.5) is 0 Å². The van der Waals surface area contributed by atoms with Gasteiger partial charge in [-0.05, 0) is 23.6 Å². The Kier molecular flexibility index (Phi) is 5.81. The minimum Gasteiger partial charge on any atom is -0.507 e. The molecule has 0 aliphatic rings. The van der Waals surface area contributed by atoms with Crippen molar-refractivity contribution in [2.24, 2.45) is 5.41 Å². The molecule has 0 saturated carbocycles. The Morgan fingerprint density at radius 1 is 1.15 bits per heavy atom. The standard InChI is InChI=1S/C23H28ClNO2/c1-5-6-11-27-22-18(13-24)17(12-23(2,3)4)21(26)19-16-10-8-7-9-15(16)14-25-20(19)22/h7-10,14,26H,5-6,11-13H2,1-4H3. The second-order valence-electron chi connectivity index (χ2n) is 8.28. The predicted octanol–water partition coefficient (Wildman–Crippen LogP) is 6.60. The summed E-state index contributed by atoms with van der Waals surface area (Å²) < 4.78 is 6.18. The molecule has 27 heavy (non-hydrogen) atoms. The number of hydrogen-bond donors (Lipinski definition) is 1. The average Bonchev–Trinajstić information content (AvgIpc) is 2.63. The molecule has 0 amide bonds. The monoisotopic (exact) mass is 385 g/mol. The molecule has 4 heteroatoms. The number of ether oxygens (including phenoxy) is 1. The van der Waals surface area contributed by atoms with Gasteiger partial charge in [-0.3, -0.25) is 4.98 Å². The highest BCUT2D eigenvalue weighted by molar-refractivity contribution is 6.18. The van der Waals surface area contributed by atoms with Gasteiger partial charge in [-0.15, -0.1) is 11.6 Å². The van der Waals surface area contributed by atoms with Crippen LogP contribution < -0.4 is 4.74 Å². The largest absolute Gasteiger partial charge is 0.507 e. The number of aromatic nitrogens is 1. The molecule has 0 spiro atoms. The van der Waals surface area contributed by atoms with Crippen LogP contribution in [0.3, 0.4) is 0 Å². The van der Waals surface area contributed by atoms with E-state index in [1.54, 1.807) is 0 Å². The highest BCUT2D eigenvalue weighted by Gasteiger charge is 2.25. The topological polar surface area (TPSA) is 42.4 Å². The molecule has 0 radical (unpaired) electrons. The van der Waals surface area contributed by atoms with Gasteiger partial charge >= 0.3 is 0 Å². The van der Waals surface area contributed by atoms with Crippen LogP contribution in [0.15, 0.2) is 30.5 Å². The van der Waals surface area contributed by atoms with Gasteiger partial charge in [0.2, 0.25) is 0 Å². The fourth-order valence-electron chi connectivity index (χ4n) is 3.49. The van der Waals surface area contributed by atoms with E-state index in [2.05, 4.69) is 32.7 Å². The first kappa shape index (κ1) is 19.8. The Labute approximate surface area is 166 Å². The lowest BCUT2D eigenvalue weighted by Crippen LogP contribution is -2.13. The summed E-state index contributed by atoms with van der Waals surface area (Å²) >= 11 is 6.35. The number of phenolic OH excluding ortho intramolecular Hbond substituents is 1. The van der Waals surface area contributed by atoms with E-state index in [9.17, 15) is 5.11 Å². The summed E-state index contributed by atoms with van der Waals surface area (Å²) in [4.78, 5) is 4.65. The molecule has 0 saturated heterocycles. The molecule has 0 unspecified atom stereocenters. The third kappa shape index (κ3) is 3.98. The van der Waals surface area contributed by atoms with Gasteiger partial charge in [0.15, 0.2) is 0 Å². The Morgan fingerprint density at radius 3 is 2.56 bits per heavy atom. The molecule has 3 rings (SSSR count). The maximum Gasteiger partial charge on any atom is 0.150 e. The van der Waals surface area contributed by atoms with Gasteiger partial charge in [-0.25, -0.2) is 0 Å². The highest BCUT2D eigenvalue weighted by Crippen LogP contribution is 2.45. The predicted molar refractivity (Wildman–Crippen MR) is 114 cm³/mol. The summed E-state index contributed by atoms with van der Waals surface area (Å²) in [5, 5.41) is 14.0. The van der Waals surface area contributed by atoms with Gasteiger partial charge in [0.25, 0.3) is 0 Å². The zero-order valence-corrected chi connectivity index (χ0v) is 17.4. The number of benzene rings is 2. The highest BCUT2D eigenvalue weighted by atomic mass is 35.5. The van der Waals surface area contributed by atoms with Crippen molar-refractivity contribution in [2.45, 2.75) is 52.8 Å². The van der Waals surface area contributed by atoms with E-state index in [4.69, 9.17) is 16.3 Å². The number of alkyl halides is 1. The Balaban J connectivity index is 2.37. The number of unbranched alkanes of at least 4 members (excludes halogenated alkanes) is 1. The number of pyridine rings is 1. The summed E-state index contributed by atoms with van der Waals surface area (Å²) in [6.45, 7) is 9.23. The number of hydrogen-bond acceptors (Lipinski definition) is 3. The van der Waals surface area contributed by atoms with Gasteiger partial charge in [-0.1, -0.05) is 58.4 Å². The quantitative estimate of drug-likeness (QED) is 0.295. The van der Waals surface area contributed by atoms with Crippen molar-refractivity contribution in [2.75, 3.05) is 6.61 Å². The van der Waals surface area contributed by atoms with Crippen molar-refractivity contribution in [3.8, 4) is 11.5 Å². The molecule has 0 aliphatic carbocycles. The normalized spacial score (nSPS) is 12.0. The van der Waals surface area contributed by atoms with E-state index in [1.165, 1.54) is 0 Å². The van der Waals surface area contributed by atoms with E-state index in [0.717, 1.165) is 45.9 Å². The summed E-state index contributed by atoms with van der Waals surface area (Å²) in [6, 6.07) is 8.00. The summed E-state index contributed by atoms with van der Waals surface area (Å²) in [7, 11) is 0. The molecule has 0 atom stereocenters. The Hall–Kier alpha value is -2.00. The maximum absolute atomic E-state index is 11.3. The van der Waals surface area contributed by atoms with Crippen LogP contribution in [0, 0.1) is 5.41 Å². The number of rotatable bonds is 6. The number of fused-ring (bicyclic) bond motifs is 3. The van der Waals surface area contributed by atoms with Crippen molar-refractivity contribution in [3.63, 3.8) is 0 Å². The molecule has 1 N–H and O–H groups in total. The molecular formula is C23H28ClNO2. The summed E-state index contributed by atoms with van der Waals surface area (Å²) in [5.74, 6) is 1.28. The van der Waals surface area contributed by atoms with Gasteiger partial charge in [-0.2, -0.15) is 0 Å². The number of nitrogens with zero attached hydrogens (tertiary/aromatic N) is 1. The molecule has 3 nitrogen and oxygen atoms in total. The van der Waals surface area contributed by atoms with Crippen molar-refractivity contribution >= 4 is 33.3 Å². The van der Waals surface area contributed by atoms with E-state index < -0.39 is 0 Å². The number of phenols is 1. The molecule has 1 aromatic heterocycles. The van der Waals surface area contributed by atoms with Gasteiger partial charge in [0.1, 0.15) is 17.0 Å². The lowest BCUT2D eigenvalue weighted by atomic mass is 9.84. The van der Waals surface area contributed by atoms with Crippen LogP contribution in [0.5, 0.6) is 11.5 Å². The van der Waals surface area contributed by atoms with Crippen LogP contribution in [-0.4, -0.2) is 16.7 Å². The van der Waals surface area contributed by atoms with Crippen LogP contribution >= 0.6 is 11.6 Å². The molecular weight excluding hydrogens is 358 g/mol. The van der Waals surface area contributed by atoms with Crippen LogP contribution in [-0.2, 0) is 12.3 Å².